The van der Waals surface area contributed by atoms with Gasteiger partial charge in [-0.1, -0.05) is 23.4 Å². The van der Waals surface area contributed by atoms with Crippen LogP contribution < -0.4 is 4.74 Å². The molecule has 0 N–H and O–H groups in total. The minimum Gasteiger partial charge on any atom is -0.434 e. The highest BCUT2D eigenvalue weighted by atomic mass is 19.3. The molecular weight excluding hydrogens is 338 g/mol. The van der Waals surface area contributed by atoms with Gasteiger partial charge in [0, 0.05) is 5.56 Å². The zero-order valence-corrected chi connectivity index (χ0v) is 13.0. The van der Waals surface area contributed by atoms with Gasteiger partial charge in [-0.05, 0) is 43.0 Å². The molecule has 3 rings (SSSR count). The maximum Gasteiger partial charge on any atom is 0.387 e. The Labute approximate surface area is 141 Å². The summed E-state index contributed by atoms with van der Waals surface area (Å²) in [5.74, 6) is -2.69. The van der Waals surface area contributed by atoms with Crippen molar-refractivity contribution in [1.82, 2.24) is 0 Å². The van der Waals surface area contributed by atoms with Gasteiger partial charge in [0.2, 0.25) is 0 Å². The minimum absolute atomic E-state index is 0.134. The minimum atomic E-state index is -3.19. The van der Waals surface area contributed by atoms with E-state index in [1.807, 2.05) is 0 Å². The third-order valence-corrected chi connectivity index (χ3v) is 3.65. The van der Waals surface area contributed by atoms with E-state index in [-0.39, 0.29) is 5.71 Å². The Bertz CT molecular complexity index is 761. The molecule has 0 aliphatic heterocycles. The lowest BCUT2D eigenvalue weighted by Crippen LogP contribution is -2.14. The van der Waals surface area contributed by atoms with Gasteiger partial charge in [-0.25, -0.2) is 8.78 Å². The van der Waals surface area contributed by atoms with E-state index in [0.29, 0.717) is 18.1 Å². The summed E-state index contributed by atoms with van der Waals surface area (Å²) in [4.78, 5) is 5.23. The number of rotatable bonds is 7. The van der Waals surface area contributed by atoms with Gasteiger partial charge in [-0.15, -0.1) is 0 Å². The van der Waals surface area contributed by atoms with Gasteiger partial charge >= 0.3 is 6.61 Å². The Morgan fingerprint density at radius 3 is 2.68 bits per heavy atom. The van der Waals surface area contributed by atoms with Crippen molar-refractivity contribution < 1.29 is 27.1 Å². The zero-order valence-electron chi connectivity index (χ0n) is 13.0. The molecule has 2 aromatic rings. The molecule has 1 radical (unpaired) electrons. The van der Waals surface area contributed by atoms with E-state index < -0.39 is 29.6 Å². The second-order valence-electron chi connectivity index (χ2n) is 5.58. The molecule has 1 aliphatic rings. The van der Waals surface area contributed by atoms with E-state index >= 15 is 0 Å². The van der Waals surface area contributed by atoms with Crippen LogP contribution in [0.1, 0.15) is 24.0 Å². The van der Waals surface area contributed by atoms with Gasteiger partial charge in [0.05, 0.1) is 5.56 Å². The first-order chi connectivity index (χ1) is 12.1. The summed E-state index contributed by atoms with van der Waals surface area (Å²) in [5.41, 5.74) is -0.317. The molecule has 1 aliphatic carbocycles. The van der Waals surface area contributed by atoms with Crippen LogP contribution in [0.3, 0.4) is 0 Å². The Balaban J connectivity index is 2.06. The van der Waals surface area contributed by atoms with E-state index in [1.165, 1.54) is 6.07 Å². The van der Waals surface area contributed by atoms with E-state index in [4.69, 9.17) is 4.84 Å². The maximum absolute atomic E-state index is 14.4. The third kappa shape index (κ3) is 4.29. The summed E-state index contributed by atoms with van der Waals surface area (Å²) in [5, 5.41) is 3.88. The summed E-state index contributed by atoms with van der Waals surface area (Å²) in [6.07, 6.45) is 2.02. The molecule has 0 spiro atoms. The average Bonchev–Trinajstić information content (AvgIpc) is 3.41. The first kappa shape index (κ1) is 17.3. The van der Waals surface area contributed by atoms with Crippen LogP contribution in [0.15, 0.2) is 41.6 Å². The zero-order chi connectivity index (χ0) is 17.8. The summed E-state index contributed by atoms with van der Waals surface area (Å²) < 4.78 is 57.7. The highest BCUT2D eigenvalue weighted by Crippen LogP contribution is 2.31. The lowest BCUT2D eigenvalue weighted by atomic mass is 10.0. The molecule has 0 atom stereocenters. The average molecular weight is 352 g/mol. The monoisotopic (exact) mass is 352 g/mol. The van der Waals surface area contributed by atoms with Crippen LogP contribution in [-0.2, 0) is 4.84 Å². The Morgan fingerprint density at radius 1 is 1.24 bits per heavy atom. The standard InChI is InChI=1S/C18H14F4NO2/c19-13-8-9-14(25-18(21)22)15(16(13)20)17(12-4-2-1-3-5-12)23-24-10-11-6-7-11/h1-2,4-5,8-9,11,18H,6-7,10H2. The molecule has 0 amide bonds. The number of alkyl halides is 2. The highest BCUT2D eigenvalue weighted by Gasteiger charge is 2.25. The third-order valence-electron chi connectivity index (χ3n) is 3.65. The number of benzene rings is 2. The van der Waals surface area contributed by atoms with Gasteiger partial charge < -0.3 is 9.57 Å². The second kappa shape index (κ2) is 7.55. The van der Waals surface area contributed by atoms with Crippen molar-refractivity contribution in [3.8, 4) is 5.75 Å². The summed E-state index contributed by atoms with van der Waals surface area (Å²) in [6.45, 7) is -2.87. The fraction of sp³-hybridized carbons (Fsp3) is 0.278. The largest absolute Gasteiger partial charge is 0.434 e. The summed E-state index contributed by atoms with van der Waals surface area (Å²) in [6, 6.07) is 10.7. The molecule has 0 unspecified atom stereocenters. The number of hydrogen-bond donors (Lipinski definition) is 0. The molecule has 1 saturated carbocycles. The molecule has 0 saturated heterocycles. The number of ether oxygens (including phenoxy) is 1. The van der Waals surface area contributed by atoms with Crippen molar-refractivity contribution in [3.63, 3.8) is 0 Å². The molecular formula is C18H14F4NO2. The molecule has 7 heteroatoms. The van der Waals surface area contributed by atoms with Gasteiger partial charge in [-0.3, -0.25) is 0 Å². The lowest BCUT2D eigenvalue weighted by Gasteiger charge is -2.14. The van der Waals surface area contributed by atoms with Crippen LogP contribution in [-0.4, -0.2) is 18.9 Å². The highest BCUT2D eigenvalue weighted by molar-refractivity contribution is 6.14. The second-order valence-corrected chi connectivity index (χ2v) is 5.58. The summed E-state index contributed by atoms with van der Waals surface area (Å²) in [7, 11) is 0. The van der Waals surface area contributed by atoms with Crippen molar-refractivity contribution in [2.45, 2.75) is 19.5 Å². The molecule has 25 heavy (non-hydrogen) atoms. The van der Waals surface area contributed by atoms with Gasteiger partial charge in [-0.2, -0.15) is 8.78 Å². The molecule has 0 aromatic heterocycles. The topological polar surface area (TPSA) is 30.8 Å². The van der Waals surface area contributed by atoms with Crippen LogP contribution >= 0.6 is 0 Å². The van der Waals surface area contributed by atoms with Gasteiger partial charge in [0.15, 0.2) is 11.6 Å². The number of oxime groups is 1. The van der Waals surface area contributed by atoms with E-state index in [0.717, 1.165) is 25.0 Å². The quantitative estimate of drug-likeness (QED) is 0.416. The van der Waals surface area contributed by atoms with Crippen molar-refractivity contribution in [2.75, 3.05) is 6.61 Å². The fourth-order valence-corrected chi connectivity index (χ4v) is 2.22. The predicted octanol–water partition coefficient (Wildman–Crippen LogP) is 4.55. The number of halogens is 4. The molecule has 1 fully saturated rings. The SMILES string of the molecule is Fc1ccc(OC(F)F)c(C(=NOCC2CC2)c2c[c]ccc2)c1F. The van der Waals surface area contributed by atoms with Gasteiger partial charge in [0.1, 0.15) is 18.1 Å². The van der Waals surface area contributed by atoms with Crippen LogP contribution in [0.2, 0.25) is 0 Å². The Morgan fingerprint density at radius 2 is 2.04 bits per heavy atom. The Hall–Kier alpha value is -2.57. The smallest absolute Gasteiger partial charge is 0.387 e. The first-order valence-corrected chi connectivity index (χ1v) is 7.66. The predicted molar refractivity (Wildman–Crippen MR) is 82.6 cm³/mol. The van der Waals surface area contributed by atoms with E-state index in [1.54, 1.807) is 18.2 Å². The van der Waals surface area contributed by atoms with Crippen LogP contribution in [0, 0.1) is 23.6 Å². The number of nitrogens with zero attached hydrogens (tertiary/aromatic N) is 1. The fourth-order valence-electron chi connectivity index (χ4n) is 2.22. The van der Waals surface area contributed by atoms with Crippen molar-refractivity contribution >= 4 is 5.71 Å². The molecule has 2 aromatic carbocycles. The van der Waals surface area contributed by atoms with Crippen molar-refractivity contribution in [1.29, 1.82) is 0 Å². The van der Waals surface area contributed by atoms with E-state index in [9.17, 15) is 17.6 Å². The van der Waals surface area contributed by atoms with Crippen LogP contribution in [0.5, 0.6) is 5.75 Å². The molecule has 3 nitrogen and oxygen atoms in total. The Kier molecular flexibility index (Phi) is 5.21. The van der Waals surface area contributed by atoms with Crippen LogP contribution in [0.25, 0.3) is 0 Å². The van der Waals surface area contributed by atoms with Crippen molar-refractivity contribution in [3.05, 3.63) is 65.2 Å². The van der Waals surface area contributed by atoms with E-state index in [2.05, 4.69) is 16.0 Å². The van der Waals surface area contributed by atoms with Gasteiger partial charge in [0.25, 0.3) is 0 Å². The van der Waals surface area contributed by atoms with Crippen LogP contribution in [0.4, 0.5) is 17.6 Å². The van der Waals surface area contributed by atoms with Crippen molar-refractivity contribution in [2.24, 2.45) is 11.1 Å². The lowest BCUT2D eigenvalue weighted by molar-refractivity contribution is -0.0502. The normalized spacial score (nSPS) is 14.7. The number of hydrogen-bond acceptors (Lipinski definition) is 3. The molecule has 0 heterocycles. The molecule has 0 bridgehead atoms. The first-order valence-electron chi connectivity index (χ1n) is 7.66. The molecule has 131 valence electrons. The maximum atomic E-state index is 14.4. The summed E-state index contributed by atoms with van der Waals surface area (Å²) >= 11 is 0.